The number of hydrogen-bond acceptors (Lipinski definition) is 8. The first kappa shape index (κ1) is 17.1. The van der Waals surface area contributed by atoms with E-state index in [-0.39, 0.29) is 5.96 Å². The summed E-state index contributed by atoms with van der Waals surface area (Å²) in [6.45, 7) is 2.01. The van der Waals surface area contributed by atoms with Gasteiger partial charge in [-0.1, -0.05) is 18.2 Å². The Bertz CT molecular complexity index is 1000. The van der Waals surface area contributed by atoms with Crippen LogP contribution in [0.5, 0.6) is 5.75 Å². The van der Waals surface area contributed by atoms with Gasteiger partial charge in [-0.15, -0.1) is 0 Å². The van der Waals surface area contributed by atoms with E-state index in [2.05, 4.69) is 15.4 Å². The summed E-state index contributed by atoms with van der Waals surface area (Å²) in [5.41, 5.74) is 19.2. The summed E-state index contributed by atoms with van der Waals surface area (Å²) < 4.78 is 10.9. The number of aliphatic imine (C=N–C) groups is 1. The Balaban J connectivity index is 1.69. The number of aromatic nitrogens is 1. The van der Waals surface area contributed by atoms with Gasteiger partial charge in [0.05, 0.1) is 24.6 Å². The second-order valence-corrected chi connectivity index (χ2v) is 6.30. The van der Waals surface area contributed by atoms with Crippen LogP contribution in [0, 0.1) is 6.92 Å². The number of aryl methyl sites for hydroxylation is 1. The Morgan fingerprint density at radius 3 is 2.78 bits per heavy atom. The van der Waals surface area contributed by atoms with Gasteiger partial charge >= 0.3 is 0 Å². The van der Waals surface area contributed by atoms with Gasteiger partial charge in [-0.05, 0) is 36.8 Å². The molecule has 1 unspecified atom stereocenters. The van der Waals surface area contributed by atoms with Crippen molar-refractivity contribution in [1.29, 1.82) is 0 Å². The van der Waals surface area contributed by atoms with Crippen molar-refractivity contribution < 1.29 is 9.15 Å². The maximum absolute atomic E-state index is 6.52. The summed E-state index contributed by atoms with van der Waals surface area (Å²) in [6.07, 6.45) is 3.00. The monoisotopic (exact) mass is 364 g/mol. The molecule has 138 valence electrons. The van der Waals surface area contributed by atoms with Crippen LogP contribution in [-0.2, 0) is 5.79 Å². The van der Waals surface area contributed by atoms with Crippen LogP contribution in [0.1, 0.15) is 11.1 Å². The number of benzene rings is 2. The number of hydrogen-bond donors (Lipinski definition) is 3. The molecule has 1 aliphatic rings. The smallest absolute Gasteiger partial charge is 0.214 e. The van der Waals surface area contributed by atoms with Crippen LogP contribution < -0.4 is 26.6 Å². The fourth-order valence-electron chi connectivity index (χ4n) is 3.06. The van der Waals surface area contributed by atoms with Gasteiger partial charge in [0.15, 0.2) is 12.2 Å². The third-order valence-electron chi connectivity index (χ3n) is 4.40. The van der Waals surface area contributed by atoms with Gasteiger partial charge in [-0.3, -0.25) is 5.73 Å². The first-order valence-electron chi connectivity index (χ1n) is 8.36. The Kier molecular flexibility index (Phi) is 4.06. The van der Waals surface area contributed by atoms with E-state index in [0.717, 1.165) is 16.8 Å². The highest BCUT2D eigenvalue weighted by atomic mass is 16.5. The highest BCUT2D eigenvalue weighted by Gasteiger charge is 2.37. The van der Waals surface area contributed by atoms with Crippen LogP contribution in [-0.4, -0.2) is 18.1 Å². The van der Waals surface area contributed by atoms with Crippen LogP contribution >= 0.6 is 0 Å². The fourth-order valence-corrected chi connectivity index (χ4v) is 3.06. The molecule has 5 N–H and O–H groups in total. The first-order chi connectivity index (χ1) is 13.0. The quantitative estimate of drug-likeness (QED) is 0.649. The van der Waals surface area contributed by atoms with E-state index in [4.69, 9.17) is 20.6 Å². The third kappa shape index (κ3) is 3.01. The number of rotatable bonds is 4. The average Bonchev–Trinajstić information content (AvgIpc) is 3.29. The van der Waals surface area contributed by atoms with Crippen LogP contribution in [0.2, 0.25) is 0 Å². The van der Waals surface area contributed by atoms with E-state index in [9.17, 15) is 0 Å². The Morgan fingerprint density at radius 2 is 2.07 bits per heavy atom. The van der Waals surface area contributed by atoms with Gasteiger partial charge in [-0.25, -0.2) is 15.0 Å². The van der Waals surface area contributed by atoms with Crippen LogP contribution in [0.15, 0.2) is 64.5 Å². The molecule has 8 nitrogen and oxygen atoms in total. The standard InChI is InChI=1S/C19H20N6O2/c1-12-4-3-5-14(8-12)25-18(20)23-19(21,24-25)13-6-7-15(16(9-13)26-2)17-10-22-11-27-17/h3-11,24H,21H2,1-2H3,(H2,20,23). The minimum Gasteiger partial charge on any atom is -0.496 e. The van der Waals surface area contributed by atoms with Crippen molar-refractivity contribution in [2.75, 3.05) is 12.1 Å². The van der Waals surface area contributed by atoms with Crippen molar-refractivity contribution in [1.82, 2.24) is 10.4 Å². The molecule has 4 rings (SSSR count). The minimum absolute atomic E-state index is 0.279. The van der Waals surface area contributed by atoms with Gasteiger partial charge in [0.2, 0.25) is 11.7 Å². The summed E-state index contributed by atoms with van der Waals surface area (Å²) in [4.78, 5) is 8.39. The second-order valence-electron chi connectivity index (χ2n) is 6.30. The van der Waals surface area contributed by atoms with Gasteiger partial charge < -0.3 is 14.9 Å². The highest BCUT2D eigenvalue weighted by Crippen LogP contribution is 2.34. The lowest BCUT2D eigenvalue weighted by Crippen LogP contribution is -2.53. The molecule has 0 spiro atoms. The Hall–Kier alpha value is -3.36. The SMILES string of the molecule is COc1cc(C2(N)N=C(N)N(c3cccc(C)c3)N2)ccc1-c1cnco1. The Morgan fingerprint density at radius 1 is 1.22 bits per heavy atom. The van der Waals surface area contributed by atoms with Crippen molar-refractivity contribution in [2.45, 2.75) is 12.7 Å². The zero-order valence-electron chi connectivity index (χ0n) is 15.0. The predicted molar refractivity (Wildman–Crippen MR) is 103 cm³/mol. The normalized spacial score (nSPS) is 19.2. The molecule has 27 heavy (non-hydrogen) atoms. The molecule has 0 fully saturated rings. The molecular formula is C19H20N6O2. The van der Waals surface area contributed by atoms with E-state index in [1.165, 1.54) is 6.39 Å². The van der Waals surface area contributed by atoms with Crippen molar-refractivity contribution in [3.63, 3.8) is 0 Å². The van der Waals surface area contributed by atoms with Crippen molar-refractivity contribution >= 4 is 11.6 Å². The first-order valence-corrected chi connectivity index (χ1v) is 8.36. The summed E-state index contributed by atoms with van der Waals surface area (Å²) in [5.74, 6) is 0.259. The molecule has 0 amide bonds. The number of guanidine groups is 1. The highest BCUT2D eigenvalue weighted by molar-refractivity contribution is 5.96. The summed E-state index contributed by atoms with van der Waals surface area (Å²) in [6, 6.07) is 13.4. The lowest BCUT2D eigenvalue weighted by molar-refractivity contribution is 0.387. The maximum atomic E-state index is 6.52. The summed E-state index contributed by atoms with van der Waals surface area (Å²) in [7, 11) is 1.58. The van der Waals surface area contributed by atoms with E-state index in [0.29, 0.717) is 17.1 Å². The molecule has 8 heteroatoms. The minimum atomic E-state index is -1.22. The van der Waals surface area contributed by atoms with Gasteiger partial charge in [0, 0.05) is 5.56 Å². The van der Waals surface area contributed by atoms with Crippen molar-refractivity contribution in [3.8, 4) is 17.1 Å². The largest absolute Gasteiger partial charge is 0.496 e. The van der Waals surface area contributed by atoms with Crippen molar-refractivity contribution in [3.05, 3.63) is 66.2 Å². The predicted octanol–water partition coefficient (Wildman–Crippen LogP) is 2.07. The van der Waals surface area contributed by atoms with Gasteiger partial charge in [0.25, 0.3) is 0 Å². The van der Waals surface area contributed by atoms with Crippen LogP contribution in [0.3, 0.4) is 0 Å². The number of nitrogens with zero attached hydrogens (tertiary/aromatic N) is 3. The van der Waals surface area contributed by atoms with E-state index >= 15 is 0 Å². The van der Waals surface area contributed by atoms with E-state index in [1.54, 1.807) is 24.4 Å². The van der Waals surface area contributed by atoms with Crippen LogP contribution in [0.25, 0.3) is 11.3 Å². The second kappa shape index (κ2) is 6.42. The molecule has 0 saturated heterocycles. The zero-order chi connectivity index (χ0) is 19.0. The topological polar surface area (TPSA) is 115 Å². The van der Waals surface area contributed by atoms with Crippen LogP contribution in [0.4, 0.5) is 5.69 Å². The van der Waals surface area contributed by atoms with E-state index < -0.39 is 5.79 Å². The molecule has 2 heterocycles. The number of methoxy groups -OCH3 is 1. The third-order valence-corrected chi connectivity index (χ3v) is 4.40. The maximum Gasteiger partial charge on any atom is 0.214 e. The van der Waals surface area contributed by atoms with Gasteiger partial charge in [0.1, 0.15) is 5.75 Å². The molecule has 0 aliphatic carbocycles. The lowest BCUT2D eigenvalue weighted by atomic mass is 10.0. The number of nitrogens with one attached hydrogen (secondary N) is 1. The molecule has 0 saturated carbocycles. The number of anilines is 1. The number of ether oxygens (including phenoxy) is 1. The number of oxazole rings is 1. The molecule has 1 aromatic heterocycles. The molecule has 3 aromatic rings. The Labute approximate surface area is 156 Å². The molecule has 0 radical (unpaired) electrons. The molecule has 2 aromatic carbocycles. The van der Waals surface area contributed by atoms with Gasteiger partial charge in [-0.2, -0.15) is 5.43 Å². The molecule has 1 aliphatic heterocycles. The number of nitrogens with two attached hydrogens (primary N) is 2. The summed E-state index contributed by atoms with van der Waals surface area (Å²) in [5, 5.41) is 1.67. The lowest BCUT2D eigenvalue weighted by Gasteiger charge is -2.26. The molecule has 0 bridgehead atoms. The average molecular weight is 364 g/mol. The van der Waals surface area contributed by atoms with Crippen molar-refractivity contribution in [2.24, 2.45) is 16.5 Å². The fraction of sp³-hybridized carbons (Fsp3) is 0.158. The number of hydrazine groups is 1. The van der Waals surface area contributed by atoms with E-state index in [1.807, 2.05) is 43.3 Å². The molecular weight excluding hydrogens is 344 g/mol. The zero-order valence-corrected chi connectivity index (χ0v) is 15.0. The molecule has 1 atom stereocenters. The summed E-state index contributed by atoms with van der Waals surface area (Å²) >= 11 is 0.